The Kier molecular flexibility index (Phi) is 6.30. The largest absolute Gasteiger partial charge is 0.314 e. The van der Waals surface area contributed by atoms with Crippen LogP contribution in [0.5, 0.6) is 0 Å². The van der Waals surface area contributed by atoms with Gasteiger partial charge in [0.2, 0.25) is 0 Å². The van der Waals surface area contributed by atoms with Crippen molar-refractivity contribution in [3.63, 3.8) is 0 Å². The van der Waals surface area contributed by atoms with Gasteiger partial charge in [0.05, 0.1) is 0 Å². The number of halogens is 2. The van der Waals surface area contributed by atoms with E-state index in [2.05, 4.69) is 12.2 Å². The molecule has 1 aliphatic rings. The molecule has 1 fully saturated rings. The van der Waals surface area contributed by atoms with Crippen molar-refractivity contribution in [3.05, 3.63) is 35.4 Å². The SMILES string of the molecule is CCNC(Cc1ccc(F)c(F)c1)CC1CCSCC1. The van der Waals surface area contributed by atoms with E-state index in [4.69, 9.17) is 0 Å². The van der Waals surface area contributed by atoms with Gasteiger partial charge in [-0.15, -0.1) is 0 Å². The number of benzene rings is 1. The van der Waals surface area contributed by atoms with Crippen molar-refractivity contribution in [2.75, 3.05) is 18.1 Å². The first kappa shape index (κ1) is 15.8. The predicted octanol–water partition coefficient (Wildman–Crippen LogP) is 4.02. The number of hydrogen-bond acceptors (Lipinski definition) is 2. The van der Waals surface area contributed by atoms with Gasteiger partial charge in [-0.2, -0.15) is 11.8 Å². The van der Waals surface area contributed by atoms with E-state index in [9.17, 15) is 8.78 Å². The van der Waals surface area contributed by atoms with Gasteiger partial charge in [0.25, 0.3) is 0 Å². The highest BCUT2D eigenvalue weighted by Gasteiger charge is 2.19. The molecular weight excluding hydrogens is 276 g/mol. The predicted molar refractivity (Wildman–Crippen MR) is 82.2 cm³/mol. The molecule has 1 aromatic carbocycles. The van der Waals surface area contributed by atoms with E-state index in [1.807, 2.05) is 11.8 Å². The Hall–Kier alpha value is -0.610. The maximum Gasteiger partial charge on any atom is 0.159 e. The summed E-state index contributed by atoms with van der Waals surface area (Å²) >= 11 is 2.03. The normalized spacial score (nSPS) is 18.1. The monoisotopic (exact) mass is 299 g/mol. The molecule has 1 atom stereocenters. The summed E-state index contributed by atoms with van der Waals surface area (Å²) in [5.41, 5.74) is 0.875. The maximum atomic E-state index is 13.3. The molecule has 0 saturated carbocycles. The van der Waals surface area contributed by atoms with Gasteiger partial charge in [-0.25, -0.2) is 8.78 Å². The van der Waals surface area contributed by atoms with Crippen molar-refractivity contribution in [1.82, 2.24) is 5.32 Å². The van der Waals surface area contributed by atoms with E-state index < -0.39 is 11.6 Å². The van der Waals surface area contributed by atoms with Gasteiger partial charge in [0, 0.05) is 6.04 Å². The fourth-order valence-corrected chi connectivity index (χ4v) is 4.07. The second-order valence-corrected chi connectivity index (χ2v) is 6.72. The van der Waals surface area contributed by atoms with Crippen LogP contribution in [0.2, 0.25) is 0 Å². The Labute approximate surface area is 124 Å². The van der Waals surface area contributed by atoms with E-state index in [1.165, 1.54) is 36.5 Å². The minimum absolute atomic E-state index is 0.359. The molecule has 0 amide bonds. The first-order valence-corrected chi connectivity index (χ1v) is 8.59. The van der Waals surface area contributed by atoms with Gasteiger partial charge < -0.3 is 5.32 Å². The Morgan fingerprint density at radius 1 is 1.25 bits per heavy atom. The van der Waals surface area contributed by atoms with Crippen LogP contribution < -0.4 is 5.32 Å². The summed E-state index contributed by atoms with van der Waals surface area (Å²) in [6, 6.07) is 4.61. The van der Waals surface area contributed by atoms with Gasteiger partial charge in [-0.3, -0.25) is 0 Å². The lowest BCUT2D eigenvalue weighted by atomic mass is 9.91. The molecule has 0 bridgehead atoms. The fraction of sp³-hybridized carbons (Fsp3) is 0.625. The van der Waals surface area contributed by atoms with E-state index in [0.29, 0.717) is 6.04 Å². The second kappa shape index (κ2) is 7.99. The van der Waals surface area contributed by atoms with Gasteiger partial charge in [0.15, 0.2) is 11.6 Å². The van der Waals surface area contributed by atoms with Crippen LogP contribution in [0.25, 0.3) is 0 Å². The number of likely N-dealkylation sites (N-methyl/N-ethyl adjacent to an activating group) is 1. The lowest BCUT2D eigenvalue weighted by Gasteiger charge is -2.27. The average molecular weight is 299 g/mol. The molecule has 1 nitrogen and oxygen atoms in total. The van der Waals surface area contributed by atoms with Crippen LogP contribution in [0, 0.1) is 17.6 Å². The summed E-state index contributed by atoms with van der Waals surface area (Å²) < 4.78 is 26.2. The zero-order valence-electron chi connectivity index (χ0n) is 12.0. The molecule has 1 aliphatic heterocycles. The third-order valence-electron chi connectivity index (χ3n) is 3.92. The summed E-state index contributed by atoms with van der Waals surface area (Å²) in [4.78, 5) is 0. The summed E-state index contributed by atoms with van der Waals surface area (Å²) in [5, 5.41) is 3.49. The maximum absolute atomic E-state index is 13.3. The molecule has 0 aromatic heterocycles. The quantitative estimate of drug-likeness (QED) is 0.851. The first-order valence-electron chi connectivity index (χ1n) is 7.44. The smallest absolute Gasteiger partial charge is 0.159 e. The molecule has 112 valence electrons. The zero-order chi connectivity index (χ0) is 14.4. The topological polar surface area (TPSA) is 12.0 Å². The van der Waals surface area contributed by atoms with Crippen molar-refractivity contribution >= 4 is 11.8 Å². The van der Waals surface area contributed by atoms with Crippen molar-refractivity contribution in [1.29, 1.82) is 0 Å². The Bertz CT molecular complexity index is 419. The molecular formula is C16H23F2NS. The molecule has 4 heteroatoms. The first-order chi connectivity index (χ1) is 9.69. The minimum atomic E-state index is -0.766. The number of thioether (sulfide) groups is 1. The Morgan fingerprint density at radius 2 is 2.00 bits per heavy atom. The molecule has 1 heterocycles. The third kappa shape index (κ3) is 4.74. The summed E-state index contributed by atoms with van der Waals surface area (Å²) in [7, 11) is 0. The molecule has 20 heavy (non-hydrogen) atoms. The van der Waals surface area contributed by atoms with Crippen LogP contribution in [0.15, 0.2) is 18.2 Å². The summed E-state index contributed by atoms with van der Waals surface area (Å²) in [6.45, 7) is 3.00. The highest BCUT2D eigenvalue weighted by Crippen LogP contribution is 2.27. The second-order valence-electron chi connectivity index (χ2n) is 5.50. The summed E-state index contributed by atoms with van der Waals surface area (Å²) in [6.07, 6.45) is 4.47. The van der Waals surface area contributed by atoms with Gasteiger partial charge in [0.1, 0.15) is 0 Å². The molecule has 1 aromatic rings. The highest BCUT2D eigenvalue weighted by molar-refractivity contribution is 7.99. The minimum Gasteiger partial charge on any atom is -0.314 e. The lowest BCUT2D eigenvalue weighted by molar-refractivity contribution is 0.366. The molecule has 1 N–H and O–H groups in total. The van der Waals surface area contributed by atoms with Crippen molar-refractivity contribution < 1.29 is 8.78 Å². The van der Waals surface area contributed by atoms with Crippen molar-refractivity contribution in [2.24, 2.45) is 5.92 Å². The van der Waals surface area contributed by atoms with Crippen LogP contribution in [-0.4, -0.2) is 24.1 Å². The highest BCUT2D eigenvalue weighted by atomic mass is 32.2. The van der Waals surface area contributed by atoms with Crippen LogP contribution in [0.4, 0.5) is 8.78 Å². The van der Waals surface area contributed by atoms with Gasteiger partial charge in [-0.05, 0) is 67.3 Å². The Balaban J connectivity index is 1.94. The van der Waals surface area contributed by atoms with E-state index >= 15 is 0 Å². The number of nitrogens with one attached hydrogen (secondary N) is 1. The Morgan fingerprint density at radius 3 is 2.65 bits per heavy atom. The molecule has 0 aliphatic carbocycles. The van der Waals surface area contributed by atoms with Crippen LogP contribution in [0.1, 0.15) is 31.7 Å². The van der Waals surface area contributed by atoms with E-state index in [0.717, 1.165) is 30.9 Å². The van der Waals surface area contributed by atoms with Crippen LogP contribution in [0.3, 0.4) is 0 Å². The fourth-order valence-electron chi connectivity index (χ4n) is 2.86. The van der Waals surface area contributed by atoms with E-state index in [-0.39, 0.29) is 0 Å². The average Bonchev–Trinajstić information content (AvgIpc) is 2.44. The lowest BCUT2D eigenvalue weighted by Crippen LogP contribution is -2.34. The third-order valence-corrected chi connectivity index (χ3v) is 4.97. The molecule has 1 saturated heterocycles. The van der Waals surface area contributed by atoms with Crippen LogP contribution in [-0.2, 0) is 6.42 Å². The van der Waals surface area contributed by atoms with Gasteiger partial charge >= 0.3 is 0 Å². The zero-order valence-corrected chi connectivity index (χ0v) is 12.8. The van der Waals surface area contributed by atoms with E-state index in [1.54, 1.807) is 6.07 Å². The van der Waals surface area contributed by atoms with Gasteiger partial charge in [-0.1, -0.05) is 13.0 Å². The number of hydrogen-bond donors (Lipinski definition) is 1. The molecule has 2 rings (SSSR count). The molecule has 1 unspecified atom stereocenters. The number of rotatable bonds is 6. The standard InChI is InChI=1S/C16H23F2NS/c1-2-19-14(9-12-5-7-20-8-6-12)10-13-3-4-15(17)16(18)11-13/h3-4,11-12,14,19H,2,5-10H2,1H3. The van der Waals surface area contributed by atoms with Crippen LogP contribution >= 0.6 is 11.8 Å². The van der Waals surface area contributed by atoms with Crippen molar-refractivity contribution in [2.45, 2.75) is 38.6 Å². The molecule has 0 spiro atoms. The van der Waals surface area contributed by atoms with Crippen molar-refractivity contribution in [3.8, 4) is 0 Å². The molecule has 0 radical (unpaired) electrons. The summed E-state index contributed by atoms with van der Waals surface area (Å²) in [5.74, 6) is 1.78.